The molecule has 0 saturated carbocycles. The number of carbonyl (C=O) groups excluding carboxylic acids is 1. The lowest BCUT2D eigenvalue weighted by Crippen LogP contribution is -2.42. The van der Waals surface area contributed by atoms with Crippen LogP contribution < -0.4 is 0 Å². The number of nitrogens with zero attached hydrogens (tertiary/aromatic N) is 2. The Balaban J connectivity index is 2.00. The molecule has 0 radical (unpaired) electrons. The molecule has 28 heavy (non-hydrogen) atoms. The minimum absolute atomic E-state index is 0.000784. The fourth-order valence-electron chi connectivity index (χ4n) is 3.30. The Hall–Kier alpha value is -2.90. The summed E-state index contributed by atoms with van der Waals surface area (Å²) in [7, 11) is 1.24. The monoisotopic (exact) mass is 392 g/mol. The standard InChI is InChI=1S/C20H19F3N2O3/c1-11-7-12(2)9-14(8-11)19(20(21,22)23)10-17(25-28-19)16-6-5-15(13(3)24-16)18(26)27-4/h5-9H,10H2,1-4H3. The highest BCUT2D eigenvalue weighted by Gasteiger charge is 2.62. The number of carbonyl (C=O) groups is 1. The van der Waals surface area contributed by atoms with Crippen LogP contribution in [0.2, 0.25) is 0 Å². The predicted octanol–water partition coefficient (Wildman–Crippen LogP) is 4.38. The molecule has 8 heteroatoms. The Morgan fingerprint density at radius 1 is 1.14 bits per heavy atom. The molecule has 1 aromatic carbocycles. The number of halogens is 3. The maximum Gasteiger partial charge on any atom is 0.435 e. The number of pyridine rings is 1. The van der Waals surface area contributed by atoms with E-state index in [4.69, 9.17) is 4.84 Å². The van der Waals surface area contributed by atoms with E-state index in [0.29, 0.717) is 16.8 Å². The van der Waals surface area contributed by atoms with E-state index < -0.39 is 24.2 Å². The summed E-state index contributed by atoms with van der Waals surface area (Å²) >= 11 is 0. The number of benzene rings is 1. The first-order chi connectivity index (χ1) is 13.1. The normalized spacial score (nSPS) is 19.2. The van der Waals surface area contributed by atoms with Gasteiger partial charge in [-0.05, 0) is 32.9 Å². The molecule has 1 atom stereocenters. The molecule has 1 aliphatic heterocycles. The van der Waals surface area contributed by atoms with Crippen molar-refractivity contribution in [1.82, 2.24) is 4.98 Å². The van der Waals surface area contributed by atoms with E-state index in [9.17, 15) is 18.0 Å². The zero-order valence-electron chi connectivity index (χ0n) is 15.8. The molecular formula is C20H19F3N2O3. The van der Waals surface area contributed by atoms with Gasteiger partial charge in [0.15, 0.2) is 0 Å². The van der Waals surface area contributed by atoms with Crippen LogP contribution in [-0.4, -0.2) is 30.0 Å². The van der Waals surface area contributed by atoms with Crippen LogP contribution in [0.4, 0.5) is 13.2 Å². The highest BCUT2D eigenvalue weighted by Crippen LogP contribution is 2.49. The lowest BCUT2D eigenvalue weighted by atomic mass is 9.85. The number of hydrogen-bond acceptors (Lipinski definition) is 5. The Bertz CT molecular complexity index is 949. The van der Waals surface area contributed by atoms with Crippen molar-refractivity contribution in [2.24, 2.45) is 5.16 Å². The topological polar surface area (TPSA) is 60.8 Å². The van der Waals surface area contributed by atoms with Crippen molar-refractivity contribution < 1.29 is 27.5 Å². The average Bonchev–Trinajstić information content (AvgIpc) is 3.07. The predicted molar refractivity (Wildman–Crippen MR) is 96.2 cm³/mol. The Morgan fingerprint density at radius 3 is 2.32 bits per heavy atom. The Morgan fingerprint density at radius 2 is 1.79 bits per heavy atom. The van der Waals surface area contributed by atoms with Crippen LogP contribution in [0.1, 0.15) is 44.9 Å². The van der Waals surface area contributed by atoms with E-state index in [2.05, 4.69) is 14.9 Å². The lowest BCUT2D eigenvalue weighted by molar-refractivity contribution is -0.275. The van der Waals surface area contributed by atoms with Gasteiger partial charge in [-0.2, -0.15) is 13.2 Å². The Labute approximate surface area is 160 Å². The first-order valence-electron chi connectivity index (χ1n) is 8.54. The number of methoxy groups -OCH3 is 1. The lowest BCUT2D eigenvalue weighted by Gasteiger charge is -2.30. The van der Waals surface area contributed by atoms with E-state index in [1.807, 2.05) is 0 Å². The number of alkyl halides is 3. The minimum atomic E-state index is -4.68. The molecule has 1 unspecified atom stereocenters. The van der Waals surface area contributed by atoms with Gasteiger partial charge in [0.2, 0.25) is 0 Å². The van der Waals surface area contributed by atoms with E-state index in [1.165, 1.54) is 31.4 Å². The number of oxime groups is 1. The molecule has 3 rings (SSSR count). The second-order valence-electron chi connectivity index (χ2n) is 6.83. The molecule has 1 aliphatic rings. The summed E-state index contributed by atoms with van der Waals surface area (Å²) in [4.78, 5) is 20.9. The zero-order valence-corrected chi connectivity index (χ0v) is 15.8. The first kappa shape index (κ1) is 19.9. The molecule has 0 spiro atoms. The van der Waals surface area contributed by atoms with Crippen LogP contribution in [0.3, 0.4) is 0 Å². The van der Waals surface area contributed by atoms with Crippen LogP contribution in [0, 0.1) is 20.8 Å². The summed E-state index contributed by atoms with van der Waals surface area (Å²) in [6.45, 7) is 5.04. The second-order valence-corrected chi connectivity index (χ2v) is 6.83. The maximum absolute atomic E-state index is 14.1. The number of esters is 1. The number of rotatable bonds is 3. The first-order valence-corrected chi connectivity index (χ1v) is 8.54. The van der Waals surface area contributed by atoms with Crippen LogP contribution in [0.5, 0.6) is 0 Å². The van der Waals surface area contributed by atoms with Crippen molar-refractivity contribution in [3.63, 3.8) is 0 Å². The van der Waals surface area contributed by atoms with Crippen molar-refractivity contribution in [3.05, 3.63) is 64.0 Å². The van der Waals surface area contributed by atoms with Gasteiger partial charge in [0, 0.05) is 5.56 Å². The molecule has 0 aliphatic carbocycles. The highest BCUT2D eigenvalue weighted by atomic mass is 19.4. The second kappa shape index (κ2) is 6.92. The molecule has 2 aromatic rings. The fourth-order valence-corrected chi connectivity index (χ4v) is 3.30. The van der Waals surface area contributed by atoms with E-state index in [-0.39, 0.29) is 22.5 Å². The molecule has 0 saturated heterocycles. The largest absolute Gasteiger partial charge is 0.465 e. The van der Waals surface area contributed by atoms with Crippen LogP contribution in [0.15, 0.2) is 35.5 Å². The van der Waals surface area contributed by atoms with Gasteiger partial charge in [-0.25, -0.2) is 4.79 Å². The van der Waals surface area contributed by atoms with Gasteiger partial charge in [-0.15, -0.1) is 0 Å². The third-order valence-electron chi connectivity index (χ3n) is 4.66. The molecule has 0 bridgehead atoms. The molecule has 1 aromatic heterocycles. The van der Waals surface area contributed by atoms with E-state index in [1.54, 1.807) is 26.8 Å². The van der Waals surface area contributed by atoms with Crippen LogP contribution in [-0.2, 0) is 15.2 Å². The van der Waals surface area contributed by atoms with Crippen molar-refractivity contribution in [2.45, 2.75) is 39.0 Å². The molecule has 148 valence electrons. The number of aromatic nitrogens is 1. The SMILES string of the molecule is COC(=O)c1ccc(C2=NOC(c3cc(C)cc(C)c3)(C(F)(F)F)C2)nc1C. The van der Waals surface area contributed by atoms with Crippen LogP contribution >= 0.6 is 0 Å². The van der Waals surface area contributed by atoms with Crippen molar-refractivity contribution in [1.29, 1.82) is 0 Å². The summed E-state index contributed by atoms with van der Waals surface area (Å²) in [5.74, 6) is -0.568. The zero-order chi connectivity index (χ0) is 20.7. The molecular weight excluding hydrogens is 373 g/mol. The average molecular weight is 392 g/mol. The number of aryl methyl sites for hydroxylation is 3. The number of hydrogen-bond donors (Lipinski definition) is 0. The van der Waals surface area contributed by atoms with E-state index >= 15 is 0 Å². The molecule has 0 N–H and O–H groups in total. The summed E-state index contributed by atoms with van der Waals surface area (Å²) in [6, 6.07) is 7.60. The third-order valence-corrected chi connectivity index (χ3v) is 4.66. The van der Waals surface area contributed by atoms with Crippen molar-refractivity contribution >= 4 is 11.7 Å². The summed E-state index contributed by atoms with van der Waals surface area (Å²) in [5, 5.41) is 3.72. The van der Waals surface area contributed by atoms with Crippen molar-refractivity contribution in [3.8, 4) is 0 Å². The number of ether oxygens (including phenoxy) is 1. The summed E-state index contributed by atoms with van der Waals surface area (Å²) < 4.78 is 46.9. The maximum atomic E-state index is 14.1. The molecule has 0 amide bonds. The van der Waals surface area contributed by atoms with Gasteiger partial charge in [0.1, 0.15) is 5.71 Å². The summed E-state index contributed by atoms with van der Waals surface area (Å²) in [5.41, 5.74) is -0.310. The molecule has 2 heterocycles. The highest BCUT2D eigenvalue weighted by molar-refractivity contribution is 6.01. The van der Waals surface area contributed by atoms with Gasteiger partial charge >= 0.3 is 12.1 Å². The third kappa shape index (κ3) is 3.34. The van der Waals surface area contributed by atoms with E-state index in [0.717, 1.165) is 0 Å². The van der Waals surface area contributed by atoms with Gasteiger partial charge in [-0.1, -0.05) is 34.5 Å². The molecule has 0 fully saturated rings. The fraction of sp³-hybridized carbons (Fsp3) is 0.350. The smallest absolute Gasteiger partial charge is 0.435 e. The molecule has 5 nitrogen and oxygen atoms in total. The van der Waals surface area contributed by atoms with Gasteiger partial charge in [0.05, 0.1) is 30.5 Å². The van der Waals surface area contributed by atoms with Gasteiger partial charge in [0.25, 0.3) is 5.60 Å². The quantitative estimate of drug-likeness (QED) is 0.728. The summed E-state index contributed by atoms with van der Waals surface area (Å²) in [6.07, 6.45) is -5.19. The van der Waals surface area contributed by atoms with Crippen molar-refractivity contribution in [2.75, 3.05) is 7.11 Å². The Kier molecular flexibility index (Phi) is 4.91. The van der Waals surface area contributed by atoms with Gasteiger partial charge < -0.3 is 9.57 Å². The minimum Gasteiger partial charge on any atom is -0.465 e. The van der Waals surface area contributed by atoms with Crippen LogP contribution in [0.25, 0.3) is 0 Å². The van der Waals surface area contributed by atoms with Gasteiger partial charge in [-0.3, -0.25) is 4.98 Å².